The molecule has 0 unspecified atom stereocenters. The minimum atomic E-state index is -0.471. The molecule has 0 bridgehead atoms. The lowest BCUT2D eigenvalue weighted by Crippen LogP contribution is -1.96. The Kier molecular flexibility index (Phi) is 5.03. The highest BCUT2D eigenvalue weighted by molar-refractivity contribution is 6.07. The Hall–Kier alpha value is -2.95. The number of allylic oxidation sites excluding steroid dienone is 1. The molecule has 2 rings (SSSR count). The summed E-state index contributed by atoms with van der Waals surface area (Å²) in [7, 11) is 0. The average molecular weight is 297 g/mol. The zero-order valence-corrected chi connectivity index (χ0v) is 12.1. The van der Waals surface area contributed by atoms with Crippen molar-refractivity contribution in [2.24, 2.45) is 0 Å². The van der Waals surface area contributed by atoms with Crippen molar-refractivity contribution in [3.05, 3.63) is 75.8 Å². The lowest BCUT2D eigenvalue weighted by molar-refractivity contribution is -0.385. The number of benzene rings is 2. The van der Waals surface area contributed by atoms with Gasteiger partial charge in [0.2, 0.25) is 0 Å². The third-order valence-electron chi connectivity index (χ3n) is 3.00. The minimum Gasteiger partial charge on any atom is -0.494 e. The van der Waals surface area contributed by atoms with Gasteiger partial charge in [0.1, 0.15) is 5.75 Å². The first-order valence-corrected chi connectivity index (χ1v) is 6.80. The van der Waals surface area contributed by atoms with E-state index >= 15 is 0 Å². The number of para-hydroxylation sites is 1. The average Bonchev–Trinajstić information content (AvgIpc) is 2.54. The van der Waals surface area contributed by atoms with Gasteiger partial charge in [-0.2, -0.15) is 0 Å². The molecule has 2 aromatic carbocycles. The third kappa shape index (κ3) is 3.79. The van der Waals surface area contributed by atoms with E-state index < -0.39 is 4.92 Å². The highest BCUT2D eigenvalue weighted by atomic mass is 16.6. The van der Waals surface area contributed by atoms with Crippen LogP contribution in [0.5, 0.6) is 5.75 Å². The first-order chi connectivity index (χ1) is 10.6. The van der Waals surface area contributed by atoms with Crippen LogP contribution in [-0.4, -0.2) is 17.3 Å². The molecule has 0 aliphatic heterocycles. The number of hydrogen-bond acceptors (Lipinski definition) is 4. The highest BCUT2D eigenvalue weighted by Gasteiger charge is 2.10. The maximum atomic E-state index is 12.1. The molecule has 0 spiro atoms. The van der Waals surface area contributed by atoms with Crippen molar-refractivity contribution in [3.63, 3.8) is 0 Å². The zero-order chi connectivity index (χ0) is 15.9. The Morgan fingerprint density at radius 1 is 1.18 bits per heavy atom. The molecule has 2 aromatic rings. The number of nitro benzene ring substituents is 1. The van der Waals surface area contributed by atoms with Gasteiger partial charge in [-0.3, -0.25) is 14.9 Å². The molecule has 0 aliphatic carbocycles. The van der Waals surface area contributed by atoms with Crippen LogP contribution in [-0.2, 0) is 0 Å². The van der Waals surface area contributed by atoms with E-state index in [9.17, 15) is 14.9 Å². The van der Waals surface area contributed by atoms with Gasteiger partial charge in [0.15, 0.2) is 5.78 Å². The molecule has 0 amide bonds. The number of carbonyl (C=O) groups excluding carboxylic acids is 1. The molecule has 5 nitrogen and oxygen atoms in total. The fraction of sp³-hybridized carbons (Fsp3) is 0.118. The van der Waals surface area contributed by atoms with Crippen molar-refractivity contribution in [2.75, 3.05) is 6.61 Å². The van der Waals surface area contributed by atoms with Gasteiger partial charge in [0, 0.05) is 11.6 Å². The van der Waals surface area contributed by atoms with E-state index in [0.717, 1.165) is 0 Å². The summed E-state index contributed by atoms with van der Waals surface area (Å²) in [5.74, 6) is 0.475. The predicted octanol–water partition coefficient (Wildman–Crippen LogP) is 3.89. The van der Waals surface area contributed by atoms with Gasteiger partial charge >= 0.3 is 0 Å². The number of ketones is 1. The second-order valence-corrected chi connectivity index (χ2v) is 4.47. The number of rotatable bonds is 6. The summed E-state index contributed by atoms with van der Waals surface area (Å²) in [5.41, 5.74) is 0.864. The first kappa shape index (κ1) is 15.4. The molecule has 112 valence electrons. The monoisotopic (exact) mass is 297 g/mol. The van der Waals surface area contributed by atoms with E-state index in [1.807, 2.05) is 6.92 Å². The molecule has 0 aliphatic rings. The fourth-order valence-electron chi connectivity index (χ4n) is 1.94. The van der Waals surface area contributed by atoms with Crippen molar-refractivity contribution in [3.8, 4) is 5.75 Å². The summed E-state index contributed by atoms with van der Waals surface area (Å²) in [6.45, 7) is 2.44. The van der Waals surface area contributed by atoms with Gasteiger partial charge in [-0.25, -0.2) is 0 Å². The summed E-state index contributed by atoms with van der Waals surface area (Å²) in [4.78, 5) is 22.5. The molecule has 0 saturated heterocycles. The fourth-order valence-corrected chi connectivity index (χ4v) is 1.94. The SMILES string of the molecule is CCOc1ccc(C(=O)/C=C/c2ccccc2[N+](=O)[O-])cc1. The largest absolute Gasteiger partial charge is 0.494 e. The van der Waals surface area contributed by atoms with Crippen molar-refractivity contribution in [1.29, 1.82) is 0 Å². The lowest BCUT2D eigenvalue weighted by Gasteiger charge is -2.02. The van der Waals surface area contributed by atoms with Crippen LogP contribution in [0, 0.1) is 10.1 Å². The van der Waals surface area contributed by atoms with Crippen molar-refractivity contribution in [2.45, 2.75) is 6.92 Å². The number of ether oxygens (including phenoxy) is 1. The maximum Gasteiger partial charge on any atom is 0.276 e. The highest BCUT2D eigenvalue weighted by Crippen LogP contribution is 2.19. The number of carbonyl (C=O) groups is 1. The Balaban J connectivity index is 2.16. The summed E-state index contributed by atoms with van der Waals surface area (Å²) in [6, 6.07) is 13.0. The molecule has 22 heavy (non-hydrogen) atoms. The van der Waals surface area contributed by atoms with Crippen molar-refractivity contribution < 1.29 is 14.5 Å². The van der Waals surface area contributed by atoms with E-state index in [-0.39, 0.29) is 11.5 Å². The maximum absolute atomic E-state index is 12.1. The van der Waals surface area contributed by atoms with Gasteiger partial charge in [-0.05, 0) is 49.4 Å². The Morgan fingerprint density at radius 3 is 2.50 bits per heavy atom. The van der Waals surface area contributed by atoms with Crippen molar-refractivity contribution >= 4 is 17.5 Å². The Labute approximate surface area is 128 Å². The first-order valence-electron chi connectivity index (χ1n) is 6.80. The topological polar surface area (TPSA) is 69.4 Å². The molecule has 0 radical (unpaired) electrons. The van der Waals surface area contributed by atoms with E-state index in [2.05, 4.69) is 0 Å². The predicted molar refractivity (Wildman–Crippen MR) is 84.1 cm³/mol. The van der Waals surface area contributed by atoms with Crippen LogP contribution in [0.25, 0.3) is 6.08 Å². The van der Waals surface area contributed by atoms with Crippen LogP contribution < -0.4 is 4.74 Å². The van der Waals surface area contributed by atoms with Gasteiger partial charge in [-0.15, -0.1) is 0 Å². The molecule has 0 fully saturated rings. The number of nitro groups is 1. The summed E-state index contributed by atoms with van der Waals surface area (Å²) in [6.07, 6.45) is 2.79. The van der Waals surface area contributed by atoms with Crippen LogP contribution >= 0.6 is 0 Å². The van der Waals surface area contributed by atoms with Crippen LogP contribution in [0.2, 0.25) is 0 Å². The van der Waals surface area contributed by atoms with Crippen LogP contribution in [0.15, 0.2) is 54.6 Å². The molecular weight excluding hydrogens is 282 g/mol. The van der Waals surface area contributed by atoms with E-state index in [1.165, 1.54) is 18.2 Å². The minimum absolute atomic E-state index is 0.0294. The quantitative estimate of drug-likeness (QED) is 0.351. The van der Waals surface area contributed by atoms with E-state index in [1.54, 1.807) is 42.5 Å². The van der Waals surface area contributed by atoms with Gasteiger partial charge < -0.3 is 4.74 Å². The van der Waals surface area contributed by atoms with Gasteiger partial charge in [0.05, 0.1) is 17.1 Å². The van der Waals surface area contributed by atoms with Crippen molar-refractivity contribution in [1.82, 2.24) is 0 Å². The molecule has 0 saturated carbocycles. The normalized spacial score (nSPS) is 10.6. The summed E-state index contributed by atoms with van der Waals surface area (Å²) >= 11 is 0. The zero-order valence-electron chi connectivity index (χ0n) is 12.1. The molecule has 0 aromatic heterocycles. The Bertz CT molecular complexity index is 705. The molecule has 0 atom stereocenters. The van der Waals surface area contributed by atoms with E-state index in [4.69, 9.17) is 4.74 Å². The smallest absolute Gasteiger partial charge is 0.276 e. The van der Waals surface area contributed by atoms with Gasteiger partial charge in [0.25, 0.3) is 5.69 Å². The lowest BCUT2D eigenvalue weighted by atomic mass is 10.1. The van der Waals surface area contributed by atoms with Gasteiger partial charge in [-0.1, -0.05) is 12.1 Å². The molecule has 0 N–H and O–H groups in total. The number of nitrogens with zero attached hydrogens (tertiary/aromatic N) is 1. The second-order valence-electron chi connectivity index (χ2n) is 4.47. The second kappa shape index (κ2) is 7.17. The number of hydrogen-bond donors (Lipinski definition) is 0. The standard InChI is InChI=1S/C17H15NO4/c1-2-22-15-10-7-14(8-11-15)17(19)12-9-13-5-3-4-6-16(13)18(20)21/h3-12H,2H2,1H3/b12-9+. The summed E-state index contributed by atoms with van der Waals surface area (Å²) in [5, 5.41) is 10.9. The van der Waals surface area contributed by atoms with Crippen LogP contribution in [0.4, 0.5) is 5.69 Å². The molecule has 5 heteroatoms. The van der Waals surface area contributed by atoms with Crippen LogP contribution in [0.1, 0.15) is 22.8 Å². The Morgan fingerprint density at radius 2 is 1.86 bits per heavy atom. The third-order valence-corrected chi connectivity index (χ3v) is 3.00. The molecule has 0 heterocycles. The van der Waals surface area contributed by atoms with E-state index in [0.29, 0.717) is 23.5 Å². The summed E-state index contributed by atoms with van der Waals surface area (Å²) < 4.78 is 5.31. The molecular formula is C17H15NO4. The van der Waals surface area contributed by atoms with Crippen LogP contribution in [0.3, 0.4) is 0 Å².